The molecule has 1 atom stereocenters. The van der Waals surface area contributed by atoms with Crippen LogP contribution >= 0.6 is 0 Å². The van der Waals surface area contributed by atoms with Gasteiger partial charge in [-0.05, 0) is 44.0 Å². The zero-order valence-electron chi connectivity index (χ0n) is 17.2. The lowest BCUT2D eigenvalue weighted by Gasteiger charge is -2.20. The SMILES string of the molecule is CC(=O)NC(Cc1ccc(C(=O)OC(C)(C)C)cc1)C(=O)OCc1ccccc1. The molecule has 2 aromatic carbocycles. The van der Waals surface area contributed by atoms with Gasteiger partial charge in [-0.1, -0.05) is 42.5 Å². The molecule has 0 radical (unpaired) electrons. The summed E-state index contributed by atoms with van der Waals surface area (Å²) in [5, 5.41) is 2.63. The van der Waals surface area contributed by atoms with Crippen LogP contribution in [0.5, 0.6) is 0 Å². The van der Waals surface area contributed by atoms with Crippen molar-refractivity contribution in [3.63, 3.8) is 0 Å². The normalized spacial score (nSPS) is 12.0. The van der Waals surface area contributed by atoms with Gasteiger partial charge in [0.2, 0.25) is 5.91 Å². The molecule has 0 bridgehead atoms. The van der Waals surface area contributed by atoms with Gasteiger partial charge in [0.05, 0.1) is 5.56 Å². The van der Waals surface area contributed by atoms with E-state index in [1.54, 1.807) is 45.0 Å². The van der Waals surface area contributed by atoms with Gasteiger partial charge in [0.1, 0.15) is 18.2 Å². The van der Waals surface area contributed by atoms with E-state index in [0.717, 1.165) is 11.1 Å². The summed E-state index contributed by atoms with van der Waals surface area (Å²) in [5.74, 6) is -1.25. The average Bonchev–Trinajstić information content (AvgIpc) is 2.65. The Kier molecular flexibility index (Phi) is 7.53. The highest BCUT2D eigenvalue weighted by Crippen LogP contribution is 2.14. The van der Waals surface area contributed by atoms with E-state index in [1.807, 2.05) is 30.3 Å². The van der Waals surface area contributed by atoms with E-state index in [-0.39, 0.29) is 18.9 Å². The molecule has 1 unspecified atom stereocenters. The molecule has 0 saturated heterocycles. The van der Waals surface area contributed by atoms with Gasteiger partial charge in [-0.25, -0.2) is 9.59 Å². The van der Waals surface area contributed by atoms with Crippen LogP contribution in [0.3, 0.4) is 0 Å². The van der Waals surface area contributed by atoms with E-state index in [1.165, 1.54) is 6.92 Å². The maximum Gasteiger partial charge on any atom is 0.338 e. The summed E-state index contributed by atoms with van der Waals surface area (Å²) in [7, 11) is 0. The van der Waals surface area contributed by atoms with Crippen LogP contribution in [0.2, 0.25) is 0 Å². The number of nitrogens with one attached hydrogen (secondary N) is 1. The standard InChI is InChI=1S/C23H27NO5/c1-16(25)24-20(22(27)28-15-18-8-6-5-7-9-18)14-17-10-12-19(13-11-17)21(26)29-23(2,3)4/h5-13,20H,14-15H2,1-4H3,(H,24,25). The number of hydrogen-bond donors (Lipinski definition) is 1. The zero-order valence-corrected chi connectivity index (χ0v) is 17.2. The second-order valence-corrected chi connectivity index (χ2v) is 7.75. The molecule has 6 heteroatoms. The largest absolute Gasteiger partial charge is 0.459 e. The number of hydrogen-bond acceptors (Lipinski definition) is 5. The van der Waals surface area contributed by atoms with Crippen molar-refractivity contribution >= 4 is 17.8 Å². The summed E-state index contributed by atoms with van der Waals surface area (Å²) in [4.78, 5) is 36.1. The maximum absolute atomic E-state index is 12.5. The van der Waals surface area contributed by atoms with Gasteiger partial charge < -0.3 is 14.8 Å². The quantitative estimate of drug-likeness (QED) is 0.724. The molecule has 1 amide bonds. The van der Waals surface area contributed by atoms with E-state index in [2.05, 4.69) is 5.32 Å². The Hall–Kier alpha value is -3.15. The molecular weight excluding hydrogens is 370 g/mol. The Morgan fingerprint density at radius 1 is 0.931 bits per heavy atom. The number of carbonyl (C=O) groups is 3. The van der Waals surface area contributed by atoms with Crippen molar-refractivity contribution in [2.45, 2.75) is 52.4 Å². The first-order chi connectivity index (χ1) is 13.6. The molecule has 1 N–H and O–H groups in total. The molecule has 0 aliphatic heterocycles. The molecule has 0 spiro atoms. The number of benzene rings is 2. The van der Waals surface area contributed by atoms with Crippen LogP contribution in [-0.4, -0.2) is 29.5 Å². The second kappa shape index (κ2) is 9.87. The first kappa shape index (κ1) is 22.1. The first-order valence-electron chi connectivity index (χ1n) is 9.44. The molecule has 2 aromatic rings. The van der Waals surface area contributed by atoms with Crippen molar-refractivity contribution in [2.24, 2.45) is 0 Å². The second-order valence-electron chi connectivity index (χ2n) is 7.75. The lowest BCUT2D eigenvalue weighted by Crippen LogP contribution is -2.42. The fourth-order valence-corrected chi connectivity index (χ4v) is 2.62. The number of ether oxygens (including phenoxy) is 2. The zero-order chi connectivity index (χ0) is 21.4. The predicted octanol–water partition coefficient (Wildman–Crippen LogP) is 3.43. The first-order valence-corrected chi connectivity index (χ1v) is 9.44. The predicted molar refractivity (Wildman–Crippen MR) is 109 cm³/mol. The van der Waals surface area contributed by atoms with E-state index in [4.69, 9.17) is 9.47 Å². The fraction of sp³-hybridized carbons (Fsp3) is 0.348. The molecule has 154 valence electrons. The minimum absolute atomic E-state index is 0.132. The Labute approximate surface area is 171 Å². The fourth-order valence-electron chi connectivity index (χ4n) is 2.62. The summed E-state index contributed by atoms with van der Waals surface area (Å²) in [6.45, 7) is 6.89. The summed E-state index contributed by atoms with van der Waals surface area (Å²) in [6, 6.07) is 15.3. The smallest absolute Gasteiger partial charge is 0.338 e. The number of carbonyl (C=O) groups excluding carboxylic acids is 3. The molecule has 0 aliphatic rings. The van der Waals surface area contributed by atoms with E-state index in [9.17, 15) is 14.4 Å². The highest BCUT2D eigenvalue weighted by atomic mass is 16.6. The minimum Gasteiger partial charge on any atom is -0.459 e. The molecule has 29 heavy (non-hydrogen) atoms. The Morgan fingerprint density at radius 2 is 1.55 bits per heavy atom. The summed E-state index contributed by atoms with van der Waals surface area (Å²) in [5.41, 5.74) is 1.50. The number of esters is 2. The summed E-state index contributed by atoms with van der Waals surface area (Å²) in [6.07, 6.45) is 0.252. The van der Waals surface area contributed by atoms with Crippen LogP contribution in [-0.2, 0) is 32.1 Å². The van der Waals surface area contributed by atoms with Crippen LogP contribution < -0.4 is 5.32 Å². The van der Waals surface area contributed by atoms with Crippen molar-refractivity contribution < 1.29 is 23.9 Å². The lowest BCUT2D eigenvalue weighted by atomic mass is 10.0. The highest BCUT2D eigenvalue weighted by molar-refractivity contribution is 5.89. The third-order valence-electron chi connectivity index (χ3n) is 3.91. The third-order valence-corrected chi connectivity index (χ3v) is 3.91. The third kappa shape index (κ3) is 7.78. The van der Waals surface area contributed by atoms with E-state index < -0.39 is 23.6 Å². The highest BCUT2D eigenvalue weighted by Gasteiger charge is 2.22. The van der Waals surface area contributed by atoms with Crippen LogP contribution in [0.25, 0.3) is 0 Å². The van der Waals surface area contributed by atoms with Gasteiger partial charge in [0, 0.05) is 13.3 Å². The molecular formula is C23H27NO5. The van der Waals surface area contributed by atoms with Crippen LogP contribution in [0.1, 0.15) is 49.2 Å². The Morgan fingerprint density at radius 3 is 2.10 bits per heavy atom. The van der Waals surface area contributed by atoms with Crippen molar-refractivity contribution in [3.05, 3.63) is 71.3 Å². The molecule has 2 rings (SSSR count). The van der Waals surface area contributed by atoms with Gasteiger partial charge in [-0.15, -0.1) is 0 Å². The number of rotatable bonds is 7. The van der Waals surface area contributed by atoms with Crippen molar-refractivity contribution in [2.75, 3.05) is 0 Å². The van der Waals surface area contributed by atoms with Crippen molar-refractivity contribution in [3.8, 4) is 0 Å². The minimum atomic E-state index is -0.816. The molecule has 0 aliphatic carbocycles. The van der Waals surface area contributed by atoms with Gasteiger partial charge >= 0.3 is 11.9 Å². The lowest BCUT2D eigenvalue weighted by molar-refractivity contribution is -0.149. The van der Waals surface area contributed by atoms with Crippen molar-refractivity contribution in [1.82, 2.24) is 5.32 Å². The van der Waals surface area contributed by atoms with Gasteiger partial charge in [-0.2, -0.15) is 0 Å². The topological polar surface area (TPSA) is 81.7 Å². The van der Waals surface area contributed by atoms with E-state index >= 15 is 0 Å². The van der Waals surface area contributed by atoms with Gasteiger partial charge in [0.25, 0.3) is 0 Å². The van der Waals surface area contributed by atoms with Crippen LogP contribution in [0.4, 0.5) is 0 Å². The summed E-state index contributed by atoms with van der Waals surface area (Å²) >= 11 is 0. The van der Waals surface area contributed by atoms with Crippen molar-refractivity contribution in [1.29, 1.82) is 0 Å². The Bertz CT molecular complexity index is 838. The number of amides is 1. The monoisotopic (exact) mass is 397 g/mol. The average molecular weight is 397 g/mol. The van der Waals surface area contributed by atoms with Gasteiger partial charge in [0.15, 0.2) is 0 Å². The maximum atomic E-state index is 12.5. The molecule has 6 nitrogen and oxygen atoms in total. The molecule has 0 aromatic heterocycles. The van der Waals surface area contributed by atoms with E-state index in [0.29, 0.717) is 5.56 Å². The van der Waals surface area contributed by atoms with Gasteiger partial charge in [-0.3, -0.25) is 4.79 Å². The Balaban J connectivity index is 2.02. The molecule has 0 fully saturated rings. The molecule has 0 heterocycles. The molecule has 0 saturated carbocycles. The summed E-state index contributed by atoms with van der Waals surface area (Å²) < 4.78 is 10.7. The van der Waals surface area contributed by atoms with Crippen LogP contribution in [0.15, 0.2) is 54.6 Å². The van der Waals surface area contributed by atoms with Crippen LogP contribution in [0, 0.1) is 0 Å².